The van der Waals surface area contributed by atoms with Crippen molar-refractivity contribution in [3.05, 3.63) is 52.7 Å². The highest BCUT2D eigenvalue weighted by atomic mass is 32.1. The summed E-state index contributed by atoms with van der Waals surface area (Å²) in [6.45, 7) is 5.99. The van der Waals surface area contributed by atoms with Gasteiger partial charge in [0.1, 0.15) is 12.2 Å². The molecule has 140 valence electrons. The molecule has 2 N–H and O–H groups in total. The molecule has 0 unspecified atom stereocenters. The van der Waals surface area contributed by atoms with Crippen LogP contribution in [0.3, 0.4) is 0 Å². The molecule has 2 heterocycles. The molecule has 1 aliphatic heterocycles. The van der Waals surface area contributed by atoms with Crippen LogP contribution in [0, 0.1) is 0 Å². The number of imide groups is 1. The molecule has 1 fully saturated rings. The number of carbonyl (C=O) groups is 3. The van der Waals surface area contributed by atoms with E-state index in [0.717, 1.165) is 10.5 Å². The zero-order chi connectivity index (χ0) is 19.6. The fraction of sp³-hybridized carbons (Fsp3) is 0.263. The average molecular weight is 384 g/mol. The van der Waals surface area contributed by atoms with E-state index in [9.17, 15) is 14.4 Å². The summed E-state index contributed by atoms with van der Waals surface area (Å²) in [7, 11) is 0. The minimum Gasteiger partial charge on any atom is -0.303 e. The molecular formula is C19H20N4O3S. The Balaban J connectivity index is 1.69. The number of aromatic nitrogens is 1. The Morgan fingerprint density at radius 3 is 2.56 bits per heavy atom. The molecule has 0 aliphatic carbocycles. The lowest BCUT2D eigenvalue weighted by atomic mass is 9.87. The zero-order valence-corrected chi connectivity index (χ0v) is 16.1. The first-order valence-corrected chi connectivity index (χ1v) is 9.26. The van der Waals surface area contributed by atoms with Gasteiger partial charge in [-0.25, -0.2) is 14.7 Å². The van der Waals surface area contributed by atoms with E-state index in [0.29, 0.717) is 5.13 Å². The van der Waals surface area contributed by atoms with Gasteiger partial charge >= 0.3 is 6.03 Å². The fourth-order valence-corrected chi connectivity index (χ4v) is 3.09. The number of hydrogen-bond donors (Lipinski definition) is 2. The Bertz CT molecular complexity index is 896. The molecule has 0 bridgehead atoms. The van der Waals surface area contributed by atoms with Crippen LogP contribution in [0.25, 0.3) is 6.08 Å². The fourth-order valence-electron chi connectivity index (χ4n) is 2.55. The van der Waals surface area contributed by atoms with Gasteiger partial charge in [0, 0.05) is 11.6 Å². The molecule has 27 heavy (non-hydrogen) atoms. The molecule has 0 saturated carbocycles. The maximum Gasteiger partial charge on any atom is 0.329 e. The van der Waals surface area contributed by atoms with Gasteiger partial charge in [-0.1, -0.05) is 45.0 Å². The number of rotatable bonds is 4. The molecule has 2 aromatic rings. The summed E-state index contributed by atoms with van der Waals surface area (Å²) >= 11 is 1.26. The van der Waals surface area contributed by atoms with Crippen molar-refractivity contribution in [2.24, 2.45) is 0 Å². The van der Waals surface area contributed by atoms with Gasteiger partial charge in [-0.2, -0.15) is 0 Å². The van der Waals surface area contributed by atoms with E-state index >= 15 is 0 Å². The van der Waals surface area contributed by atoms with Crippen molar-refractivity contribution in [1.29, 1.82) is 0 Å². The molecule has 0 radical (unpaired) electrons. The number of urea groups is 1. The van der Waals surface area contributed by atoms with E-state index < -0.39 is 17.8 Å². The van der Waals surface area contributed by atoms with Crippen LogP contribution >= 0.6 is 11.3 Å². The Hall–Kier alpha value is -3.00. The molecule has 4 amide bonds. The Morgan fingerprint density at radius 1 is 1.26 bits per heavy atom. The molecular weight excluding hydrogens is 364 g/mol. The van der Waals surface area contributed by atoms with Crippen LogP contribution in [0.2, 0.25) is 0 Å². The van der Waals surface area contributed by atoms with Crippen molar-refractivity contribution in [1.82, 2.24) is 15.2 Å². The Labute approximate surface area is 161 Å². The maximum absolute atomic E-state index is 12.5. The van der Waals surface area contributed by atoms with Gasteiger partial charge in [-0.3, -0.25) is 9.59 Å². The monoisotopic (exact) mass is 384 g/mol. The number of carbonyl (C=O) groups excluding carboxylic acids is 3. The third-order valence-corrected chi connectivity index (χ3v) is 4.72. The van der Waals surface area contributed by atoms with Crippen LogP contribution in [-0.4, -0.2) is 34.3 Å². The van der Waals surface area contributed by atoms with Crippen molar-refractivity contribution in [3.8, 4) is 0 Å². The smallest absolute Gasteiger partial charge is 0.303 e. The molecule has 1 aromatic carbocycles. The van der Waals surface area contributed by atoms with E-state index in [1.165, 1.54) is 16.9 Å². The summed E-state index contributed by atoms with van der Waals surface area (Å²) in [5.74, 6) is -1.02. The van der Waals surface area contributed by atoms with Crippen LogP contribution in [-0.2, 0) is 15.0 Å². The SMILES string of the molecule is CC(C)(C)c1ccc(/C=C2\NC(=O)N(CC(=O)Nc3nccs3)C2=O)cc1. The van der Waals surface area contributed by atoms with E-state index in [-0.39, 0.29) is 17.7 Å². The zero-order valence-electron chi connectivity index (χ0n) is 15.3. The van der Waals surface area contributed by atoms with Gasteiger partial charge in [0.2, 0.25) is 5.91 Å². The standard InChI is InChI=1S/C19H20N4O3S/c1-19(2,3)13-6-4-12(5-7-13)10-14-16(25)23(18(26)21-14)11-15(24)22-17-20-8-9-27-17/h4-10H,11H2,1-3H3,(H,21,26)(H,20,22,24)/b14-10-. The van der Waals surface area contributed by atoms with Gasteiger partial charge in [0.05, 0.1) is 0 Å². The number of nitrogens with zero attached hydrogens (tertiary/aromatic N) is 2. The van der Waals surface area contributed by atoms with Crippen molar-refractivity contribution < 1.29 is 14.4 Å². The normalized spacial score (nSPS) is 16.0. The van der Waals surface area contributed by atoms with Crippen LogP contribution in [0.15, 0.2) is 41.5 Å². The summed E-state index contributed by atoms with van der Waals surface area (Å²) in [6.07, 6.45) is 3.16. The summed E-state index contributed by atoms with van der Waals surface area (Å²) in [5.41, 5.74) is 2.14. The molecule has 0 spiro atoms. The summed E-state index contributed by atoms with van der Waals surface area (Å²) in [5, 5.41) is 7.20. The minimum absolute atomic E-state index is 0.0324. The number of anilines is 1. The quantitative estimate of drug-likeness (QED) is 0.626. The average Bonchev–Trinajstić information content (AvgIpc) is 3.19. The molecule has 7 nitrogen and oxygen atoms in total. The number of amides is 4. The van der Waals surface area contributed by atoms with E-state index in [1.807, 2.05) is 24.3 Å². The Morgan fingerprint density at radius 2 is 1.96 bits per heavy atom. The minimum atomic E-state index is -0.619. The number of benzene rings is 1. The second kappa shape index (κ2) is 7.32. The van der Waals surface area contributed by atoms with Gasteiger partial charge in [0.25, 0.3) is 5.91 Å². The lowest BCUT2D eigenvalue weighted by Crippen LogP contribution is -2.38. The molecule has 0 atom stereocenters. The highest BCUT2D eigenvalue weighted by Gasteiger charge is 2.35. The predicted molar refractivity (Wildman–Crippen MR) is 104 cm³/mol. The van der Waals surface area contributed by atoms with E-state index in [2.05, 4.69) is 36.4 Å². The molecule has 1 saturated heterocycles. The lowest BCUT2D eigenvalue weighted by molar-refractivity contribution is -0.127. The Kier molecular flexibility index (Phi) is 5.09. The van der Waals surface area contributed by atoms with Crippen molar-refractivity contribution >= 4 is 40.4 Å². The lowest BCUT2D eigenvalue weighted by Gasteiger charge is -2.18. The van der Waals surface area contributed by atoms with Gasteiger partial charge in [-0.05, 0) is 22.6 Å². The number of nitrogens with one attached hydrogen (secondary N) is 2. The summed E-state index contributed by atoms with van der Waals surface area (Å²) in [6, 6.07) is 7.15. The van der Waals surface area contributed by atoms with Crippen LogP contribution in [0.5, 0.6) is 0 Å². The van der Waals surface area contributed by atoms with Crippen molar-refractivity contribution in [2.75, 3.05) is 11.9 Å². The topological polar surface area (TPSA) is 91.4 Å². The highest BCUT2D eigenvalue weighted by Crippen LogP contribution is 2.23. The second-order valence-electron chi connectivity index (χ2n) is 7.14. The molecule has 3 rings (SSSR count). The molecule has 1 aliphatic rings. The van der Waals surface area contributed by atoms with Gasteiger partial charge in [0.15, 0.2) is 5.13 Å². The number of thiazole rings is 1. The first-order chi connectivity index (χ1) is 12.7. The van der Waals surface area contributed by atoms with Crippen molar-refractivity contribution in [3.63, 3.8) is 0 Å². The van der Waals surface area contributed by atoms with Crippen molar-refractivity contribution in [2.45, 2.75) is 26.2 Å². The second-order valence-corrected chi connectivity index (χ2v) is 8.03. The predicted octanol–water partition coefficient (Wildman–Crippen LogP) is 2.97. The van der Waals surface area contributed by atoms with E-state index in [1.54, 1.807) is 17.7 Å². The number of hydrogen-bond acceptors (Lipinski definition) is 5. The highest BCUT2D eigenvalue weighted by molar-refractivity contribution is 7.13. The molecule has 8 heteroatoms. The third-order valence-electron chi connectivity index (χ3n) is 4.03. The summed E-state index contributed by atoms with van der Waals surface area (Å²) in [4.78, 5) is 41.4. The van der Waals surface area contributed by atoms with Crippen LogP contribution in [0.4, 0.5) is 9.93 Å². The maximum atomic E-state index is 12.5. The largest absolute Gasteiger partial charge is 0.329 e. The van der Waals surface area contributed by atoms with Crippen LogP contribution in [0.1, 0.15) is 31.9 Å². The van der Waals surface area contributed by atoms with E-state index in [4.69, 9.17) is 0 Å². The van der Waals surface area contributed by atoms with Crippen LogP contribution < -0.4 is 10.6 Å². The third kappa shape index (κ3) is 4.40. The molecule has 1 aromatic heterocycles. The first kappa shape index (κ1) is 18.8. The summed E-state index contributed by atoms with van der Waals surface area (Å²) < 4.78 is 0. The van der Waals surface area contributed by atoms with Gasteiger partial charge < -0.3 is 10.6 Å². The first-order valence-electron chi connectivity index (χ1n) is 8.38. The van der Waals surface area contributed by atoms with Gasteiger partial charge in [-0.15, -0.1) is 11.3 Å².